The van der Waals surface area contributed by atoms with Crippen molar-refractivity contribution < 1.29 is 23.8 Å². The van der Waals surface area contributed by atoms with Crippen LogP contribution in [-0.4, -0.2) is 41.2 Å². The minimum absolute atomic E-state index is 0.0783. The summed E-state index contributed by atoms with van der Waals surface area (Å²) >= 11 is 0. The quantitative estimate of drug-likeness (QED) is 0.399. The van der Waals surface area contributed by atoms with Crippen molar-refractivity contribution in [3.8, 4) is 0 Å². The molecule has 128 valence electrons. The number of rotatable bonds is 1. The maximum Gasteiger partial charge on any atom is 0.350 e. The van der Waals surface area contributed by atoms with Crippen LogP contribution >= 0.6 is 7.60 Å². The van der Waals surface area contributed by atoms with Crippen molar-refractivity contribution in [1.29, 1.82) is 0 Å². The lowest BCUT2D eigenvalue weighted by atomic mass is 10.4. The second kappa shape index (κ2) is 8.53. The van der Waals surface area contributed by atoms with Crippen LogP contribution in [0, 0.1) is 0 Å². The Labute approximate surface area is 129 Å². The van der Waals surface area contributed by atoms with Crippen molar-refractivity contribution >= 4 is 24.7 Å². The molecule has 23 heavy (non-hydrogen) atoms. The number of aliphatic hydroxyl groups excluding tert-OH is 1. The molecule has 0 spiro atoms. The highest BCUT2D eigenvalue weighted by molar-refractivity contribution is 7.51. The zero-order valence-corrected chi connectivity index (χ0v) is 12.8. The van der Waals surface area contributed by atoms with Crippen molar-refractivity contribution in [3.63, 3.8) is 0 Å². The lowest BCUT2D eigenvalue weighted by molar-refractivity contribution is 0.287. The van der Waals surface area contributed by atoms with E-state index in [-0.39, 0.29) is 17.3 Å². The lowest BCUT2D eigenvalue weighted by Crippen LogP contribution is -2.10. The van der Waals surface area contributed by atoms with Gasteiger partial charge >= 0.3 is 7.60 Å². The first-order chi connectivity index (χ1) is 10.7. The monoisotopic (exact) mass is 349 g/mol. The summed E-state index contributed by atoms with van der Waals surface area (Å²) in [7, 11) is -4.09. The van der Waals surface area contributed by atoms with Gasteiger partial charge in [0.1, 0.15) is 6.35 Å². The number of aliphatic hydroxyl groups is 1. The van der Waals surface area contributed by atoms with E-state index in [0.717, 1.165) is 12.8 Å². The molecule has 1 aliphatic rings. The lowest BCUT2D eigenvalue weighted by Gasteiger charge is -1.92. The van der Waals surface area contributed by atoms with Crippen molar-refractivity contribution in [2.75, 3.05) is 12.1 Å². The van der Waals surface area contributed by atoms with Crippen LogP contribution < -0.4 is 11.3 Å². The van der Waals surface area contributed by atoms with E-state index in [9.17, 15) is 13.8 Å². The molecule has 0 unspecified atom stereocenters. The Morgan fingerprint density at radius 1 is 1.43 bits per heavy atom. The van der Waals surface area contributed by atoms with Crippen LogP contribution in [0.4, 0.5) is 10.3 Å². The van der Waals surface area contributed by atoms with Crippen LogP contribution in [0.1, 0.15) is 19.3 Å². The Balaban J connectivity index is 0.000000189. The average molecular weight is 349 g/mol. The SMILES string of the molecule is FC1=CCCC1.Nc1nc2nc[nH]c2c(=O)[nH]1.O=P(O)(O)CO. The van der Waals surface area contributed by atoms with Gasteiger partial charge in [0.05, 0.1) is 12.2 Å². The van der Waals surface area contributed by atoms with Crippen molar-refractivity contribution in [2.45, 2.75) is 19.3 Å². The molecule has 0 radical (unpaired) electrons. The van der Waals surface area contributed by atoms with E-state index in [1.165, 1.54) is 6.33 Å². The Hall–Kier alpha value is -2.07. The number of imidazole rings is 1. The Morgan fingerprint density at radius 2 is 2.09 bits per heavy atom. The first-order valence-electron chi connectivity index (χ1n) is 6.41. The number of allylic oxidation sites excluding steroid dienone is 2. The van der Waals surface area contributed by atoms with Gasteiger partial charge in [-0.15, -0.1) is 0 Å². The predicted molar refractivity (Wildman–Crippen MR) is 81.1 cm³/mol. The van der Waals surface area contributed by atoms with Gasteiger partial charge < -0.3 is 25.6 Å². The number of hydrogen-bond donors (Lipinski definition) is 6. The molecule has 2 aromatic heterocycles. The smallest absolute Gasteiger partial charge is 0.350 e. The molecule has 0 saturated heterocycles. The molecular weight excluding hydrogens is 332 g/mol. The number of aromatic amines is 2. The molecule has 0 fully saturated rings. The highest BCUT2D eigenvalue weighted by Gasteiger charge is 2.07. The third kappa shape index (κ3) is 7.15. The number of aromatic nitrogens is 4. The minimum atomic E-state index is -4.09. The van der Waals surface area contributed by atoms with E-state index in [0.29, 0.717) is 17.6 Å². The van der Waals surface area contributed by atoms with Gasteiger partial charge in [-0.2, -0.15) is 4.98 Å². The van der Waals surface area contributed by atoms with E-state index in [2.05, 4.69) is 19.9 Å². The molecule has 12 heteroatoms. The number of nitrogens with two attached hydrogens (primary N) is 1. The third-order valence-electron chi connectivity index (χ3n) is 2.48. The van der Waals surface area contributed by atoms with E-state index in [1.54, 1.807) is 6.08 Å². The normalized spacial score (nSPS) is 13.7. The standard InChI is InChI=1S/C5H7F.C5H5N5O.CH5O4P/c6-5-3-1-2-4-5;6-5-9-3-2(4(11)10-5)7-1-8-3;2-1-6(3,4)5/h3H,1-2,4H2;1H,(H4,6,7,8,9,10,11);2H,1H2,(H2,3,4,5). The van der Waals surface area contributed by atoms with Crippen LogP contribution in [0.15, 0.2) is 23.0 Å². The summed E-state index contributed by atoms with van der Waals surface area (Å²) in [5.74, 6) is 0.157. The summed E-state index contributed by atoms with van der Waals surface area (Å²) in [6.07, 6.45) is 4.64. The van der Waals surface area contributed by atoms with Gasteiger partial charge in [0.15, 0.2) is 11.2 Å². The summed E-state index contributed by atoms with van der Waals surface area (Å²) < 4.78 is 21.2. The van der Waals surface area contributed by atoms with Crippen LogP contribution in [0.2, 0.25) is 0 Å². The molecule has 3 rings (SSSR count). The summed E-state index contributed by atoms with van der Waals surface area (Å²) in [5.41, 5.74) is 5.65. The third-order valence-corrected chi connectivity index (χ3v) is 2.85. The molecule has 0 atom stereocenters. The Bertz CT molecular complexity index is 767. The van der Waals surface area contributed by atoms with Gasteiger partial charge in [0.2, 0.25) is 5.95 Å². The number of H-pyrrole nitrogens is 2. The number of nitrogen functional groups attached to an aromatic ring is 1. The molecule has 0 saturated carbocycles. The zero-order chi connectivity index (χ0) is 17.5. The number of fused-ring (bicyclic) bond motifs is 1. The summed E-state index contributed by atoms with van der Waals surface area (Å²) in [5, 5.41) is 7.64. The maximum absolute atomic E-state index is 11.8. The molecule has 10 nitrogen and oxygen atoms in total. The number of halogens is 1. The molecule has 2 aromatic rings. The fraction of sp³-hybridized carbons (Fsp3) is 0.364. The molecule has 7 N–H and O–H groups in total. The topological polar surface area (TPSA) is 178 Å². The first-order valence-corrected chi connectivity index (χ1v) is 8.21. The van der Waals surface area contributed by atoms with Gasteiger partial charge in [-0.25, -0.2) is 9.37 Å². The van der Waals surface area contributed by atoms with Gasteiger partial charge in [0.25, 0.3) is 5.56 Å². The van der Waals surface area contributed by atoms with Crippen LogP contribution in [0.5, 0.6) is 0 Å². The summed E-state index contributed by atoms with van der Waals surface area (Å²) in [6, 6.07) is 0. The number of nitrogens with zero attached hydrogens (tertiary/aromatic N) is 2. The summed E-state index contributed by atoms with van der Waals surface area (Å²) in [6.45, 7) is 0. The number of hydrogen-bond acceptors (Lipinski definition) is 6. The van der Waals surface area contributed by atoms with Gasteiger partial charge in [0, 0.05) is 0 Å². The molecule has 2 heterocycles. The molecule has 0 bridgehead atoms. The van der Waals surface area contributed by atoms with E-state index in [1.807, 2.05) is 0 Å². The molecule has 1 aliphatic carbocycles. The Morgan fingerprint density at radius 3 is 2.52 bits per heavy atom. The molecule has 0 aromatic carbocycles. The number of nitrogens with one attached hydrogen (secondary N) is 2. The zero-order valence-electron chi connectivity index (χ0n) is 11.9. The fourth-order valence-electron chi connectivity index (χ4n) is 1.49. The van der Waals surface area contributed by atoms with Crippen molar-refractivity contribution in [2.24, 2.45) is 0 Å². The predicted octanol–water partition coefficient (Wildman–Crippen LogP) is 0.366. The molecule has 0 aliphatic heterocycles. The number of anilines is 1. The van der Waals surface area contributed by atoms with Gasteiger partial charge in [-0.05, 0) is 19.3 Å². The minimum Gasteiger partial charge on any atom is -0.384 e. The average Bonchev–Trinajstić information content (AvgIpc) is 3.10. The summed E-state index contributed by atoms with van der Waals surface area (Å²) in [4.78, 5) is 38.9. The van der Waals surface area contributed by atoms with Crippen molar-refractivity contribution in [3.05, 3.63) is 28.6 Å². The largest absolute Gasteiger partial charge is 0.384 e. The van der Waals surface area contributed by atoms with Crippen LogP contribution in [0.3, 0.4) is 0 Å². The Kier molecular flexibility index (Phi) is 7.04. The highest BCUT2D eigenvalue weighted by atomic mass is 31.2. The second-order valence-corrected chi connectivity index (χ2v) is 6.01. The van der Waals surface area contributed by atoms with E-state index in [4.69, 9.17) is 20.6 Å². The van der Waals surface area contributed by atoms with Crippen LogP contribution in [-0.2, 0) is 4.57 Å². The fourth-order valence-corrected chi connectivity index (χ4v) is 1.49. The maximum atomic E-state index is 11.8. The highest BCUT2D eigenvalue weighted by Crippen LogP contribution is 2.31. The molecular formula is C11H17FN5O5P. The first kappa shape index (κ1) is 19.0. The van der Waals surface area contributed by atoms with Gasteiger partial charge in [-0.1, -0.05) is 6.08 Å². The van der Waals surface area contributed by atoms with Crippen LogP contribution in [0.25, 0.3) is 11.2 Å². The van der Waals surface area contributed by atoms with Crippen molar-refractivity contribution in [1.82, 2.24) is 19.9 Å². The van der Waals surface area contributed by atoms with E-state index >= 15 is 0 Å². The van der Waals surface area contributed by atoms with E-state index < -0.39 is 13.9 Å². The molecule has 0 amide bonds. The van der Waals surface area contributed by atoms with Gasteiger partial charge in [-0.3, -0.25) is 14.3 Å². The second-order valence-electron chi connectivity index (χ2n) is 4.40.